The normalized spacial score (nSPS) is 11.1. The fourth-order valence-electron chi connectivity index (χ4n) is 3.63. The summed E-state index contributed by atoms with van der Waals surface area (Å²) in [5.74, 6) is 0.857. The zero-order valence-corrected chi connectivity index (χ0v) is 17.4. The Kier molecular flexibility index (Phi) is 8.99. The van der Waals surface area contributed by atoms with Crippen molar-refractivity contribution in [2.75, 3.05) is 6.61 Å². The summed E-state index contributed by atoms with van der Waals surface area (Å²) in [5, 5.41) is 9.93. The Morgan fingerprint density at radius 3 is 2.17 bits per heavy atom. The lowest BCUT2D eigenvalue weighted by Crippen LogP contribution is -1.98. The van der Waals surface area contributed by atoms with Gasteiger partial charge in [0.25, 0.3) is 0 Å². The van der Waals surface area contributed by atoms with E-state index in [1.54, 1.807) is 0 Å². The second-order valence-electron chi connectivity index (χ2n) is 7.71. The molecule has 3 aromatic rings. The predicted octanol–water partition coefficient (Wildman–Crippen LogP) is 6.47. The van der Waals surface area contributed by atoms with Crippen molar-refractivity contribution in [1.82, 2.24) is 4.98 Å². The Hall–Kier alpha value is -2.39. The zero-order valence-electron chi connectivity index (χ0n) is 17.4. The van der Waals surface area contributed by atoms with E-state index in [0.29, 0.717) is 13.2 Å². The minimum Gasteiger partial charge on any atom is -0.487 e. The lowest BCUT2D eigenvalue weighted by Gasteiger charge is -2.10. The number of para-hydroxylation sites is 1. The number of nitrogens with zero attached hydrogens (tertiary/aromatic N) is 1. The highest BCUT2D eigenvalue weighted by molar-refractivity contribution is 5.84. The lowest BCUT2D eigenvalue weighted by molar-refractivity contribution is 0.282. The van der Waals surface area contributed by atoms with E-state index >= 15 is 0 Å². The van der Waals surface area contributed by atoms with E-state index in [1.807, 2.05) is 30.3 Å². The first-order valence-corrected chi connectivity index (χ1v) is 11.0. The van der Waals surface area contributed by atoms with E-state index in [9.17, 15) is 0 Å². The van der Waals surface area contributed by atoms with Gasteiger partial charge in [0.15, 0.2) is 0 Å². The van der Waals surface area contributed by atoms with E-state index in [4.69, 9.17) is 14.8 Å². The molecule has 1 heterocycles. The maximum absolute atomic E-state index is 8.80. The molecule has 0 aliphatic carbocycles. The van der Waals surface area contributed by atoms with Gasteiger partial charge in [0.05, 0.1) is 0 Å². The molecule has 1 N–H and O–H groups in total. The number of benzene rings is 2. The Morgan fingerprint density at radius 2 is 1.41 bits per heavy atom. The number of aryl methyl sites for hydroxylation is 1. The van der Waals surface area contributed by atoms with Crippen molar-refractivity contribution in [2.45, 2.75) is 64.4 Å². The molecule has 0 unspecified atom stereocenters. The molecule has 154 valence electrons. The number of ether oxygens (including phenoxy) is 1. The van der Waals surface area contributed by atoms with Gasteiger partial charge in [-0.25, -0.2) is 4.98 Å². The van der Waals surface area contributed by atoms with Crippen molar-refractivity contribution in [2.24, 2.45) is 0 Å². The monoisotopic (exact) mass is 391 g/mol. The average molecular weight is 392 g/mol. The van der Waals surface area contributed by atoms with Crippen LogP contribution in [0.2, 0.25) is 0 Å². The molecule has 3 rings (SSSR count). The molecule has 0 spiro atoms. The molecule has 0 amide bonds. The molecule has 29 heavy (non-hydrogen) atoms. The number of pyridine rings is 1. The number of hydrogen-bond acceptors (Lipinski definition) is 3. The number of aliphatic hydroxyl groups excluding tert-OH is 1. The second kappa shape index (κ2) is 12.2. The molecule has 0 bridgehead atoms. The van der Waals surface area contributed by atoms with Crippen molar-refractivity contribution < 1.29 is 9.84 Å². The molecule has 0 saturated carbocycles. The Bertz CT molecular complexity index is 848. The maximum atomic E-state index is 8.80. The summed E-state index contributed by atoms with van der Waals surface area (Å²) in [7, 11) is 0. The van der Waals surface area contributed by atoms with Crippen LogP contribution in [0.25, 0.3) is 10.9 Å². The van der Waals surface area contributed by atoms with Crippen LogP contribution in [0.3, 0.4) is 0 Å². The minimum absolute atomic E-state index is 0.331. The highest BCUT2D eigenvalue weighted by Crippen LogP contribution is 2.25. The van der Waals surface area contributed by atoms with Crippen molar-refractivity contribution in [1.29, 1.82) is 0 Å². The van der Waals surface area contributed by atoms with Crippen LogP contribution in [0, 0.1) is 0 Å². The van der Waals surface area contributed by atoms with Crippen LogP contribution in [0.1, 0.15) is 62.6 Å². The van der Waals surface area contributed by atoms with Gasteiger partial charge in [0.2, 0.25) is 0 Å². The average Bonchev–Trinajstić information content (AvgIpc) is 2.77. The molecule has 0 aliphatic heterocycles. The summed E-state index contributed by atoms with van der Waals surface area (Å²) in [6, 6.07) is 20.7. The third-order valence-electron chi connectivity index (χ3n) is 5.32. The van der Waals surface area contributed by atoms with Gasteiger partial charge in [-0.1, -0.05) is 87.1 Å². The summed E-state index contributed by atoms with van der Waals surface area (Å²) < 4.78 is 6.08. The summed E-state index contributed by atoms with van der Waals surface area (Å²) >= 11 is 0. The van der Waals surface area contributed by atoms with Crippen LogP contribution in [-0.4, -0.2) is 16.7 Å². The van der Waals surface area contributed by atoms with Crippen LogP contribution >= 0.6 is 0 Å². The second-order valence-corrected chi connectivity index (χ2v) is 7.71. The smallest absolute Gasteiger partial charge is 0.146 e. The summed E-state index contributed by atoms with van der Waals surface area (Å²) in [4.78, 5) is 4.91. The Morgan fingerprint density at radius 1 is 0.690 bits per heavy atom. The molecule has 0 saturated heterocycles. The van der Waals surface area contributed by atoms with E-state index < -0.39 is 0 Å². The fourth-order valence-corrected chi connectivity index (χ4v) is 3.63. The van der Waals surface area contributed by atoms with Gasteiger partial charge >= 0.3 is 0 Å². The lowest BCUT2D eigenvalue weighted by atomic mass is 10.1. The van der Waals surface area contributed by atoms with Crippen molar-refractivity contribution in [3.63, 3.8) is 0 Å². The zero-order chi connectivity index (χ0) is 20.2. The van der Waals surface area contributed by atoms with E-state index in [1.165, 1.54) is 38.5 Å². The van der Waals surface area contributed by atoms with E-state index in [2.05, 4.69) is 30.3 Å². The standard InChI is InChI=1S/C26H33NO2/c28-20-11-6-4-2-1-3-5-10-16-24-19-18-23-15-12-17-25(26(23)27-24)29-21-22-13-8-7-9-14-22/h7-9,12-15,17-19,28H,1-6,10-11,16,20-21H2. The molecule has 0 radical (unpaired) electrons. The van der Waals surface area contributed by atoms with Gasteiger partial charge in [0.1, 0.15) is 17.9 Å². The van der Waals surface area contributed by atoms with Crippen LogP contribution in [-0.2, 0) is 13.0 Å². The molecule has 2 aromatic carbocycles. The van der Waals surface area contributed by atoms with Gasteiger partial charge in [-0.15, -0.1) is 0 Å². The molecular weight excluding hydrogens is 358 g/mol. The number of fused-ring (bicyclic) bond motifs is 1. The highest BCUT2D eigenvalue weighted by atomic mass is 16.5. The van der Waals surface area contributed by atoms with E-state index in [0.717, 1.165) is 47.2 Å². The molecular formula is C26H33NO2. The largest absolute Gasteiger partial charge is 0.487 e. The predicted molar refractivity (Wildman–Crippen MR) is 120 cm³/mol. The molecule has 1 aromatic heterocycles. The van der Waals surface area contributed by atoms with Gasteiger partial charge in [-0.05, 0) is 37.0 Å². The third-order valence-corrected chi connectivity index (χ3v) is 5.32. The Balaban J connectivity index is 1.48. The van der Waals surface area contributed by atoms with Crippen LogP contribution in [0.15, 0.2) is 60.7 Å². The highest BCUT2D eigenvalue weighted by Gasteiger charge is 2.06. The molecule has 0 fully saturated rings. The summed E-state index contributed by atoms with van der Waals surface area (Å²) in [5.41, 5.74) is 3.28. The first kappa shape index (κ1) is 21.3. The van der Waals surface area contributed by atoms with Gasteiger partial charge < -0.3 is 9.84 Å². The summed E-state index contributed by atoms with van der Waals surface area (Å²) in [6.45, 7) is 0.891. The third kappa shape index (κ3) is 7.17. The first-order valence-electron chi connectivity index (χ1n) is 11.0. The fraction of sp³-hybridized carbons (Fsp3) is 0.423. The quantitative estimate of drug-likeness (QED) is 0.340. The topological polar surface area (TPSA) is 42.4 Å². The minimum atomic E-state index is 0.331. The molecule has 3 heteroatoms. The number of hydrogen-bond donors (Lipinski definition) is 1. The number of aromatic nitrogens is 1. The van der Waals surface area contributed by atoms with Crippen molar-refractivity contribution in [3.05, 3.63) is 71.9 Å². The maximum Gasteiger partial charge on any atom is 0.146 e. The van der Waals surface area contributed by atoms with E-state index in [-0.39, 0.29) is 0 Å². The summed E-state index contributed by atoms with van der Waals surface area (Å²) in [6.07, 6.45) is 10.7. The van der Waals surface area contributed by atoms with Gasteiger partial charge in [0, 0.05) is 17.7 Å². The number of unbranched alkanes of at least 4 members (excludes halogenated alkanes) is 7. The molecule has 0 atom stereocenters. The van der Waals surface area contributed by atoms with Crippen LogP contribution in [0.5, 0.6) is 5.75 Å². The van der Waals surface area contributed by atoms with Gasteiger partial charge in [-0.3, -0.25) is 0 Å². The van der Waals surface area contributed by atoms with Crippen molar-refractivity contribution >= 4 is 10.9 Å². The van der Waals surface area contributed by atoms with Gasteiger partial charge in [-0.2, -0.15) is 0 Å². The SMILES string of the molecule is OCCCCCCCCCCc1ccc2cccc(OCc3ccccc3)c2n1. The first-order chi connectivity index (χ1) is 14.4. The van der Waals surface area contributed by atoms with Crippen LogP contribution in [0.4, 0.5) is 0 Å². The van der Waals surface area contributed by atoms with Crippen LogP contribution < -0.4 is 4.74 Å². The molecule has 3 nitrogen and oxygen atoms in total. The number of rotatable bonds is 13. The Labute approximate surface area is 174 Å². The molecule has 0 aliphatic rings. The van der Waals surface area contributed by atoms with Crippen molar-refractivity contribution in [3.8, 4) is 5.75 Å². The number of aliphatic hydroxyl groups is 1.